The highest BCUT2D eigenvalue weighted by Crippen LogP contribution is 2.21. The second kappa shape index (κ2) is 8.39. The van der Waals surface area contributed by atoms with Crippen LogP contribution in [0.5, 0.6) is 0 Å². The molecule has 2 atom stereocenters. The summed E-state index contributed by atoms with van der Waals surface area (Å²) >= 11 is 0. The third-order valence-electron chi connectivity index (χ3n) is 2.92. The molecule has 0 aliphatic rings. The van der Waals surface area contributed by atoms with Gasteiger partial charge in [0, 0.05) is 24.4 Å². The van der Waals surface area contributed by atoms with Crippen LogP contribution >= 0.6 is 0 Å². The van der Waals surface area contributed by atoms with Gasteiger partial charge in [0.25, 0.3) is 0 Å². The van der Waals surface area contributed by atoms with E-state index in [0.717, 1.165) is 0 Å². The molecule has 5 nitrogen and oxygen atoms in total. The first-order chi connectivity index (χ1) is 9.93. The Morgan fingerprint density at radius 1 is 1.24 bits per heavy atom. The maximum atomic E-state index is 12.2. The monoisotopic (exact) mass is 293 g/mol. The number of rotatable bonds is 7. The van der Waals surface area contributed by atoms with E-state index in [4.69, 9.17) is 9.47 Å². The number of hydrogen-bond donors (Lipinski definition) is 0. The number of hydrogen-bond acceptors (Lipinski definition) is 5. The Morgan fingerprint density at radius 3 is 2.48 bits per heavy atom. The van der Waals surface area contributed by atoms with E-state index in [1.54, 1.807) is 25.3 Å². The number of pyridine rings is 1. The molecule has 1 heterocycles. The average molecular weight is 293 g/mol. The first-order valence-corrected chi connectivity index (χ1v) is 7.23. The topological polar surface area (TPSA) is 65.5 Å². The second-order valence-electron chi connectivity index (χ2n) is 5.41. The summed E-state index contributed by atoms with van der Waals surface area (Å²) in [6.07, 6.45) is 2.78. The lowest BCUT2D eigenvalue weighted by Gasteiger charge is -2.19. The lowest BCUT2D eigenvalue weighted by Crippen LogP contribution is -2.25. The van der Waals surface area contributed by atoms with Crippen LogP contribution in [0, 0.1) is 5.92 Å². The molecule has 0 aliphatic carbocycles. The van der Waals surface area contributed by atoms with Crippen molar-refractivity contribution in [2.45, 2.75) is 52.7 Å². The summed E-state index contributed by atoms with van der Waals surface area (Å²) in [6.45, 7) is 7.55. The Morgan fingerprint density at radius 2 is 1.95 bits per heavy atom. The van der Waals surface area contributed by atoms with Crippen molar-refractivity contribution in [1.29, 1.82) is 0 Å². The molecule has 0 amide bonds. The Hall–Kier alpha value is -1.91. The van der Waals surface area contributed by atoms with Gasteiger partial charge in [0.1, 0.15) is 0 Å². The SMILES string of the molecule is CCC(C)OC(=O)C(OC(=O)CC(C)C)c1cccnc1. The molecule has 0 radical (unpaired) electrons. The van der Waals surface area contributed by atoms with Gasteiger partial charge in [0.2, 0.25) is 6.10 Å². The van der Waals surface area contributed by atoms with Crippen LogP contribution in [-0.2, 0) is 19.1 Å². The molecular weight excluding hydrogens is 270 g/mol. The van der Waals surface area contributed by atoms with Crippen LogP contribution in [-0.4, -0.2) is 23.0 Å². The van der Waals surface area contributed by atoms with Gasteiger partial charge in [-0.1, -0.05) is 26.8 Å². The number of aromatic nitrogens is 1. The zero-order valence-electron chi connectivity index (χ0n) is 13.0. The molecule has 1 aromatic heterocycles. The van der Waals surface area contributed by atoms with Crippen LogP contribution in [0.2, 0.25) is 0 Å². The maximum absolute atomic E-state index is 12.2. The van der Waals surface area contributed by atoms with Gasteiger partial charge in [-0.25, -0.2) is 4.79 Å². The number of ether oxygens (including phenoxy) is 2. The van der Waals surface area contributed by atoms with E-state index in [-0.39, 0.29) is 18.4 Å². The molecule has 0 aromatic carbocycles. The van der Waals surface area contributed by atoms with Gasteiger partial charge in [0.15, 0.2) is 0 Å². The van der Waals surface area contributed by atoms with Gasteiger partial charge < -0.3 is 9.47 Å². The van der Waals surface area contributed by atoms with Gasteiger partial charge in [-0.05, 0) is 25.3 Å². The van der Waals surface area contributed by atoms with Crippen LogP contribution < -0.4 is 0 Å². The van der Waals surface area contributed by atoms with Crippen molar-refractivity contribution in [2.24, 2.45) is 5.92 Å². The molecule has 116 valence electrons. The Balaban J connectivity index is 2.85. The van der Waals surface area contributed by atoms with Gasteiger partial charge in [-0.3, -0.25) is 9.78 Å². The Kier molecular flexibility index (Phi) is 6.85. The first-order valence-electron chi connectivity index (χ1n) is 7.23. The number of esters is 2. The van der Waals surface area contributed by atoms with Crippen LogP contribution in [0.1, 0.15) is 52.2 Å². The third-order valence-corrected chi connectivity index (χ3v) is 2.92. The molecule has 1 rings (SSSR count). The second-order valence-corrected chi connectivity index (χ2v) is 5.41. The zero-order chi connectivity index (χ0) is 15.8. The summed E-state index contributed by atoms with van der Waals surface area (Å²) < 4.78 is 10.6. The molecule has 21 heavy (non-hydrogen) atoms. The van der Waals surface area contributed by atoms with Crippen molar-refractivity contribution in [3.8, 4) is 0 Å². The third kappa shape index (κ3) is 5.94. The highest BCUT2D eigenvalue weighted by atomic mass is 16.6. The molecule has 0 aliphatic heterocycles. The molecular formula is C16H23NO4. The van der Waals surface area contributed by atoms with E-state index >= 15 is 0 Å². The molecule has 0 bridgehead atoms. The van der Waals surface area contributed by atoms with Gasteiger partial charge >= 0.3 is 11.9 Å². The first kappa shape index (κ1) is 17.1. The molecule has 0 N–H and O–H groups in total. The summed E-state index contributed by atoms with van der Waals surface area (Å²) in [4.78, 5) is 28.0. The minimum atomic E-state index is -1.06. The quantitative estimate of drug-likeness (QED) is 0.723. The van der Waals surface area contributed by atoms with E-state index in [9.17, 15) is 9.59 Å². The summed E-state index contributed by atoms with van der Waals surface area (Å²) in [5, 5.41) is 0. The molecule has 1 aromatic rings. The molecule has 5 heteroatoms. The normalized spacial score (nSPS) is 13.6. The fraction of sp³-hybridized carbons (Fsp3) is 0.562. The summed E-state index contributed by atoms with van der Waals surface area (Å²) in [6, 6.07) is 3.38. The number of nitrogens with zero attached hydrogens (tertiary/aromatic N) is 1. The van der Waals surface area contributed by atoms with E-state index in [2.05, 4.69) is 4.98 Å². The zero-order valence-corrected chi connectivity index (χ0v) is 13.0. The summed E-state index contributed by atoms with van der Waals surface area (Å²) in [5.41, 5.74) is 0.517. The van der Waals surface area contributed by atoms with Crippen molar-refractivity contribution < 1.29 is 19.1 Å². The van der Waals surface area contributed by atoms with E-state index < -0.39 is 18.0 Å². The van der Waals surface area contributed by atoms with Gasteiger partial charge in [0.05, 0.1) is 6.10 Å². The molecule has 0 fully saturated rings. The fourth-order valence-electron chi connectivity index (χ4n) is 1.64. The largest absolute Gasteiger partial charge is 0.460 e. The lowest BCUT2D eigenvalue weighted by atomic mass is 10.1. The predicted molar refractivity (Wildman–Crippen MR) is 78.4 cm³/mol. The van der Waals surface area contributed by atoms with E-state index in [1.165, 1.54) is 6.20 Å². The minimum absolute atomic E-state index is 0.164. The maximum Gasteiger partial charge on any atom is 0.352 e. The lowest BCUT2D eigenvalue weighted by molar-refractivity contribution is -0.172. The Labute approximate surface area is 125 Å². The molecule has 2 unspecified atom stereocenters. The Bertz CT molecular complexity index is 459. The summed E-state index contributed by atoms with van der Waals surface area (Å²) in [7, 11) is 0. The van der Waals surface area contributed by atoms with Crippen molar-refractivity contribution in [2.75, 3.05) is 0 Å². The predicted octanol–water partition coefficient (Wildman–Crippen LogP) is 3.05. The van der Waals surface area contributed by atoms with Crippen molar-refractivity contribution >= 4 is 11.9 Å². The highest BCUT2D eigenvalue weighted by Gasteiger charge is 2.28. The smallest absolute Gasteiger partial charge is 0.352 e. The van der Waals surface area contributed by atoms with Crippen LogP contribution in [0.15, 0.2) is 24.5 Å². The number of carbonyl (C=O) groups is 2. The van der Waals surface area contributed by atoms with Gasteiger partial charge in [-0.15, -0.1) is 0 Å². The van der Waals surface area contributed by atoms with Crippen LogP contribution in [0.25, 0.3) is 0 Å². The average Bonchev–Trinajstić information content (AvgIpc) is 2.44. The van der Waals surface area contributed by atoms with Gasteiger partial charge in [-0.2, -0.15) is 0 Å². The standard InChI is InChI=1S/C16H23NO4/c1-5-12(4)20-16(19)15(13-7-6-8-17-10-13)21-14(18)9-11(2)3/h6-8,10-12,15H,5,9H2,1-4H3. The number of carbonyl (C=O) groups excluding carboxylic acids is 2. The van der Waals surface area contributed by atoms with Crippen molar-refractivity contribution in [3.63, 3.8) is 0 Å². The molecule has 0 spiro atoms. The minimum Gasteiger partial charge on any atom is -0.460 e. The molecule has 0 saturated heterocycles. The van der Waals surface area contributed by atoms with E-state index in [0.29, 0.717) is 12.0 Å². The highest BCUT2D eigenvalue weighted by molar-refractivity contribution is 5.80. The van der Waals surface area contributed by atoms with E-state index in [1.807, 2.05) is 20.8 Å². The fourth-order valence-corrected chi connectivity index (χ4v) is 1.64. The van der Waals surface area contributed by atoms with Crippen LogP contribution in [0.4, 0.5) is 0 Å². The van der Waals surface area contributed by atoms with Crippen molar-refractivity contribution in [1.82, 2.24) is 4.98 Å². The van der Waals surface area contributed by atoms with Crippen molar-refractivity contribution in [3.05, 3.63) is 30.1 Å². The molecule has 0 saturated carbocycles. The summed E-state index contributed by atoms with van der Waals surface area (Å²) in [5.74, 6) is -0.813. The van der Waals surface area contributed by atoms with Crippen LogP contribution in [0.3, 0.4) is 0 Å².